The third-order valence-corrected chi connectivity index (χ3v) is 3.98. The Hall–Kier alpha value is -3.66. The molecule has 0 aromatic heterocycles. The molecule has 0 aliphatic rings. The average Bonchev–Trinajstić information content (AvgIpc) is 2.61. The summed E-state index contributed by atoms with van der Waals surface area (Å²) in [7, 11) is 3.41. The van der Waals surface area contributed by atoms with Crippen molar-refractivity contribution < 1.29 is 9.72 Å². The largest absolute Gasteiger partial charge is 0.372 e. The van der Waals surface area contributed by atoms with Crippen LogP contribution in [-0.4, -0.2) is 24.9 Å². The zero-order chi connectivity index (χ0) is 20.1. The van der Waals surface area contributed by atoms with E-state index in [-0.39, 0.29) is 11.3 Å². The van der Waals surface area contributed by atoms with Crippen molar-refractivity contribution in [2.75, 3.05) is 24.3 Å². The van der Waals surface area contributed by atoms with Gasteiger partial charge in [0.25, 0.3) is 11.6 Å². The van der Waals surface area contributed by atoms with Crippen molar-refractivity contribution in [2.45, 2.75) is 13.8 Å². The van der Waals surface area contributed by atoms with Crippen molar-refractivity contribution in [3.05, 3.63) is 68.8 Å². The minimum absolute atomic E-state index is 0.0965. The smallest absolute Gasteiger partial charge is 0.293 e. The summed E-state index contributed by atoms with van der Waals surface area (Å²) in [6, 6.07) is 12.0. The highest BCUT2D eigenvalue weighted by Crippen LogP contribution is 2.28. The van der Waals surface area contributed by atoms with Crippen LogP contribution in [0, 0.1) is 35.3 Å². The van der Waals surface area contributed by atoms with Gasteiger partial charge in [-0.15, -0.1) is 0 Å². The van der Waals surface area contributed by atoms with Crippen LogP contribution in [0.2, 0.25) is 0 Å². The fraction of sp³-hybridized carbons (Fsp3) is 0.200. The first-order valence-corrected chi connectivity index (χ1v) is 8.19. The Bertz CT molecular complexity index is 972. The minimum atomic E-state index is -0.566. The number of carbonyl (C=O) groups excluding carboxylic acids is 1. The van der Waals surface area contributed by atoms with Gasteiger partial charge in [-0.1, -0.05) is 23.8 Å². The van der Waals surface area contributed by atoms with E-state index < -0.39 is 10.8 Å². The van der Waals surface area contributed by atoms with Gasteiger partial charge in [-0.25, -0.2) is 0 Å². The highest BCUT2D eigenvalue weighted by molar-refractivity contribution is 6.10. The molecule has 0 fully saturated rings. The molecule has 0 bridgehead atoms. The van der Waals surface area contributed by atoms with Gasteiger partial charge < -0.3 is 10.2 Å². The van der Waals surface area contributed by atoms with Gasteiger partial charge in [0, 0.05) is 25.8 Å². The Morgan fingerprint density at radius 2 is 1.93 bits per heavy atom. The Morgan fingerprint density at radius 3 is 2.48 bits per heavy atom. The van der Waals surface area contributed by atoms with Crippen LogP contribution in [0.1, 0.15) is 16.7 Å². The molecule has 0 radical (unpaired) electrons. The number of benzene rings is 2. The van der Waals surface area contributed by atoms with Crippen LogP contribution >= 0.6 is 0 Å². The molecule has 0 aliphatic heterocycles. The predicted molar refractivity (Wildman–Crippen MR) is 106 cm³/mol. The quantitative estimate of drug-likeness (QED) is 0.376. The standard InChI is InChI=1S/C20H20N4O3/c1-13-5-7-17(14(2)9-13)22-20(25)16(12-21)10-15-6-8-18(23(3)4)19(11-15)24(26)27/h5-11H,1-4H3,(H,22,25)/b16-10+. The number of nitro benzene ring substituents is 1. The molecule has 1 amide bonds. The maximum Gasteiger partial charge on any atom is 0.293 e. The summed E-state index contributed by atoms with van der Waals surface area (Å²) in [5, 5.41) is 23.3. The second-order valence-electron chi connectivity index (χ2n) is 6.34. The summed E-state index contributed by atoms with van der Waals surface area (Å²) in [5.74, 6) is -0.566. The predicted octanol–water partition coefficient (Wildman–Crippen LogP) is 3.82. The number of hydrogen-bond donors (Lipinski definition) is 1. The maximum absolute atomic E-state index is 12.4. The van der Waals surface area contributed by atoms with E-state index in [1.165, 1.54) is 12.1 Å². The molecule has 7 nitrogen and oxygen atoms in total. The van der Waals surface area contributed by atoms with E-state index in [4.69, 9.17) is 0 Å². The molecule has 138 valence electrons. The number of amides is 1. The number of carbonyl (C=O) groups is 1. The zero-order valence-corrected chi connectivity index (χ0v) is 15.6. The van der Waals surface area contributed by atoms with Gasteiger partial charge >= 0.3 is 0 Å². The number of hydrogen-bond acceptors (Lipinski definition) is 5. The van der Waals surface area contributed by atoms with Crippen molar-refractivity contribution in [3.8, 4) is 6.07 Å². The number of nitro groups is 1. The summed E-state index contributed by atoms with van der Waals surface area (Å²) in [4.78, 5) is 24.9. The molecular weight excluding hydrogens is 344 g/mol. The second-order valence-corrected chi connectivity index (χ2v) is 6.34. The van der Waals surface area contributed by atoms with Crippen molar-refractivity contribution in [1.29, 1.82) is 5.26 Å². The van der Waals surface area contributed by atoms with E-state index in [0.717, 1.165) is 11.1 Å². The summed E-state index contributed by atoms with van der Waals surface area (Å²) in [6.07, 6.45) is 1.34. The van der Waals surface area contributed by atoms with Gasteiger partial charge in [-0.2, -0.15) is 5.26 Å². The van der Waals surface area contributed by atoms with Crippen molar-refractivity contribution in [2.24, 2.45) is 0 Å². The van der Waals surface area contributed by atoms with Gasteiger partial charge in [0.15, 0.2) is 0 Å². The number of nitriles is 1. The van der Waals surface area contributed by atoms with Gasteiger partial charge in [0.2, 0.25) is 0 Å². The molecule has 1 N–H and O–H groups in total. The van der Waals surface area contributed by atoms with Crippen LogP contribution in [-0.2, 0) is 4.79 Å². The molecule has 0 aliphatic carbocycles. The van der Waals surface area contributed by atoms with Gasteiger partial charge in [0.05, 0.1) is 4.92 Å². The highest BCUT2D eigenvalue weighted by Gasteiger charge is 2.17. The zero-order valence-electron chi connectivity index (χ0n) is 15.6. The molecule has 7 heteroatoms. The number of nitrogens with zero attached hydrogens (tertiary/aromatic N) is 3. The monoisotopic (exact) mass is 364 g/mol. The van der Waals surface area contributed by atoms with Crippen LogP contribution in [0.15, 0.2) is 42.0 Å². The molecule has 27 heavy (non-hydrogen) atoms. The van der Waals surface area contributed by atoms with E-state index in [2.05, 4.69) is 5.32 Å². The van der Waals surface area contributed by atoms with Crippen LogP contribution in [0.5, 0.6) is 0 Å². The fourth-order valence-corrected chi connectivity index (χ4v) is 2.61. The van der Waals surface area contributed by atoms with Crippen molar-refractivity contribution in [3.63, 3.8) is 0 Å². The summed E-state index contributed by atoms with van der Waals surface area (Å²) >= 11 is 0. The van der Waals surface area contributed by atoms with Gasteiger partial charge in [-0.3, -0.25) is 14.9 Å². The molecule has 0 spiro atoms. The SMILES string of the molecule is Cc1ccc(NC(=O)/C(C#N)=C/c2ccc(N(C)C)c([N+](=O)[O-])c2)c(C)c1. The molecule has 2 rings (SSSR count). The van der Waals surface area contributed by atoms with Crippen LogP contribution in [0.4, 0.5) is 17.1 Å². The first-order valence-electron chi connectivity index (χ1n) is 8.19. The van der Waals surface area contributed by atoms with Crippen molar-refractivity contribution in [1.82, 2.24) is 0 Å². The van der Waals surface area contributed by atoms with E-state index in [1.54, 1.807) is 37.2 Å². The second kappa shape index (κ2) is 8.15. The summed E-state index contributed by atoms with van der Waals surface area (Å²) in [6.45, 7) is 3.81. The lowest BCUT2D eigenvalue weighted by molar-refractivity contribution is -0.384. The third kappa shape index (κ3) is 4.70. The molecular formula is C20H20N4O3. The topological polar surface area (TPSA) is 99.3 Å². The lowest BCUT2D eigenvalue weighted by Crippen LogP contribution is -2.14. The normalized spacial score (nSPS) is 10.9. The average molecular weight is 364 g/mol. The van der Waals surface area contributed by atoms with Crippen molar-refractivity contribution >= 4 is 29.0 Å². The Labute approximate surface area is 157 Å². The van der Waals surface area contributed by atoms with Crippen LogP contribution < -0.4 is 10.2 Å². The van der Waals surface area contributed by atoms with E-state index in [9.17, 15) is 20.2 Å². The summed E-state index contributed by atoms with van der Waals surface area (Å²) < 4.78 is 0. The lowest BCUT2D eigenvalue weighted by Gasteiger charge is -2.13. The Balaban J connectivity index is 2.35. The fourth-order valence-electron chi connectivity index (χ4n) is 2.61. The van der Waals surface area contributed by atoms with Gasteiger partial charge in [-0.05, 0) is 43.2 Å². The molecule has 0 atom stereocenters. The van der Waals surface area contributed by atoms with E-state index in [0.29, 0.717) is 16.9 Å². The molecule has 0 saturated carbocycles. The lowest BCUT2D eigenvalue weighted by atomic mass is 10.1. The van der Waals surface area contributed by atoms with E-state index >= 15 is 0 Å². The molecule has 0 unspecified atom stereocenters. The highest BCUT2D eigenvalue weighted by atomic mass is 16.6. The van der Waals surface area contributed by atoms with Crippen LogP contribution in [0.25, 0.3) is 6.08 Å². The van der Waals surface area contributed by atoms with Crippen LogP contribution in [0.3, 0.4) is 0 Å². The number of nitrogens with one attached hydrogen (secondary N) is 1. The molecule has 0 saturated heterocycles. The molecule has 2 aromatic carbocycles. The number of aryl methyl sites for hydroxylation is 2. The summed E-state index contributed by atoms with van der Waals surface area (Å²) in [5.41, 5.74) is 3.17. The first-order chi connectivity index (χ1) is 12.7. The Morgan fingerprint density at radius 1 is 1.22 bits per heavy atom. The third-order valence-electron chi connectivity index (χ3n) is 3.98. The van der Waals surface area contributed by atoms with Gasteiger partial charge in [0.1, 0.15) is 17.3 Å². The van der Waals surface area contributed by atoms with E-state index in [1.807, 2.05) is 32.0 Å². The Kier molecular flexibility index (Phi) is 5.93. The number of rotatable bonds is 5. The first kappa shape index (κ1) is 19.7. The minimum Gasteiger partial charge on any atom is -0.372 e. The molecule has 0 heterocycles. The number of anilines is 2. The maximum atomic E-state index is 12.4. The molecule has 2 aromatic rings.